The van der Waals surface area contributed by atoms with Gasteiger partial charge in [0, 0.05) is 19.0 Å². The highest BCUT2D eigenvalue weighted by molar-refractivity contribution is 6.01. The van der Waals surface area contributed by atoms with Crippen molar-refractivity contribution in [1.82, 2.24) is 5.32 Å². The van der Waals surface area contributed by atoms with Gasteiger partial charge in [0.1, 0.15) is 18.0 Å². The summed E-state index contributed by atoms with van der Waals surface area (Å²) in [5, 5.41) is 2.50. The minimum atomic E-state index is -0.534. The van der Waals surface area contributed by atoms with Crippen LogP contribution >= 0.6 is 0 Å². The number of rotatable bonds is 7. The number of benzene rings is 1. The van der Waals surface area contributed by atoms with Crippen LogP contribution in [0, 0.1) is 5.92 Å². The van der Waals surface area contributed by atoms with Crippen LogP contribution in [0.2, 0.25) is 0 Å². The van der Waals surface area contributed by atoms with Crippen molar-refractivity contribution in [1.29, 1.82) is 0 Å². The average Bonchev–Trinajstić information content (AvgIpc) is 3.01. The first kappa shape index (κ1) is 18.6. The molecule has 8 nitrogen and oxygen atoms in total. The lowest BCUT2D eigenvalue weighted by molar-refractivity contribution is -0.143. The highest BCUT2D eigenvalue weighted by atomic mass is 16.5. The second-order valence-electron chi connectivity index (χ2n) is 5.47. The number of carbonyl (C=O) groups excluding carboxylic acids is 3. The topological polar surface area (TPSA) is 94.2 Å². The summed E-state index contributed by atoms with van der Waals surface area (Å²) in [6.07, 6.45) is 0.0733. The maximum absolute atomic E-state index is 12.3. The fourth-order valence-corrected chi connectivity index (χ4v) is 2.64. The predicted octanol–water partition coefficient (Wildman–Crippen LogP) is 0.736. The molecule has 136 valence electrons. The van der Waals surface area contributed by atoms with Gasteiger partial charge in [-0.2, -0.15) is 0 Å². The molecule has 8 heteroatoms. The van der Waals surface area contributed by atoms with Gasteiger partial charge < -0.3 is 24.4 Å². The Labute approximate surface area is 146 Å². The Bertz CT molecular complexity index is 661. The molecule has 0 radical (unpaired) electrons. The van der Waals surface area contributed by atoms with Crippen molar-refractivity contribution in [2.45, 2.75) is 13.3 Å². The van der Waals surface area contributed by atoms with Gasteiger partial charge in [0.15, 0.2) is 0 Å². The van der Waals surface area contributed by atoms with Crippen LogP contribution in [0.4, 0.5) is 5.69 Å². The van der Waals surface area contributed by atoms with Gasteiger partial charge in [-0.1, -0.05) is 0 Å². The van der Waals surface area contributed by atoms with E-state index >= 15 is 0 Å². The van der Waals surface area contributed by atoms with Crippen molar-refractivity contribution < 1.29 is 28.6 Å². The summed E-state index contributed by atoms with van der Waals surface area (Å²) in [6, 6.07) is 5.12. The standard InChI is InChI=1S/C17H22N2O6/c1-4-25-16(21)9-18-17(22)11-7-15(20)19(10-11)13-6-5-12(23-2)8-14(13)24-3/h5-6,8,11H,4,7,9-10H2,1-3H3,(H,18,22)/t11-/m0/s1. The first-order chi connectivity index (χ1) is 12.0. The van der Waals surface area contributed by atoms with Crippen LogP contribution in [-0.4, -0.2) is 51.7 Å². The van der Waals surface area contributed by atoms with E-state index in [2.05, 4.69) is 5.32 Å². The van der Waals surface area contributed by atoms with Crippen LogP contribution < -0.4 is 19.7 Å². The van der Waals surface area contributed by atoms with E-state index in [0.717, 1.165) is 0 Å². The number of amides is 2. The van der Waals surface area contributed by atoms with E-state index in [1.54, 1.807) is 32.2 Å². The van der Waals surface area contributed by atoms with Gasteiger partial charge in [-0.05, 0) is 19.1 Å². The smallest absolute Gasteiger partial charge is 0.325 e. The molecule has 0 saturated carbocycles. The summed E-state index contributed by atoms with van der Waals surface area (Å²) in [5.41, 5.74) is 0.578. The number of carbonyl (C=O) groups is 3. The monoisotopic (exact) mass is 350 g/mol. The molecule has 1 fully saturated rings. The lowest BCUT2D eigenvalue weighted by Gasteiger charge is -2.20. The molecule has 1 aliphatic rings. The number of ether oxygens (including phenoxy) is 3. The van der Waals surface area contributed by atoms with Crippen LogP contribution in [0.1, 0.15) is 13.3 Å². The molecule has 2 rings (SSSR count). The Morgan fingerprint density at radius 1 is 1.28 bits per heavy atom. The van der Waals surface area contributed by atoms with Crippen LogP contribution in [0.25, 0.3) is 0 Å². The first-order valence-corrected chi connectivity index (χ1v) is 7.95. The number of nitrogens with zero attached hydrogens (tertiary/aromatic N) is 1. The van der Waals surface area contributed by atoms with Crippen molar-refractivity contribution in [3.05, 3.63) is 18.2 Å². The zero-order chi connectivity index (χ0) is 18.4. The van der Waals surface area contributed by atoms with E-state index in [9.17, 15) is 14.4 Å². The van der Waals surface area contributed by atoms with E-state index < -0.39 is 11.9 Å². The predicted molar refractivity (Wildman–Crippen MR) is 89.6 cm³/mol. The van der Waals surface area contributed by atoms with Crippen molar-refractivity contribution >= 4 is 23.5 Å². The number of anilines is 1. The maximum atomic E-state index is 12.3. The average molecular weight is 350 g/mol. The number of hydrogen-bond donors (Lipinski definition) is 1. The summed E-state index contributed by atoms with van der Waals surface area (Å²) in [5.74, 6) is -0.477. The second-order valence-corrected chi connectivity index (χ2v) is 5.47. The third kappa shape index (κ3) is 4.40. The number of esters is 1. The molecule has 1 aromatic rings. The van der Waals surface area contributed by atoms with E-state index in [1.807, 2.05) is 0 Å². The maximum Gasteiger partial charge on any atom is 0.325 e. The molecular weight excluding hydrogens is 328 g/mol. The summed E-state index contributed by atoms with van der Waals surface area (Å²) in [6.45, 7) is 1.95. The first-order valence-electron chi connectivity index (χ1n) is 7.95. The Morgan fingerprint density at radius 2 is 2.04 bits per heavy atom. The molecule has 0 bridgehead atoms. The lowest BCUT2D eigenvalue weighted by atomic mass is 10.1. The van der Waals surface area contributed by atoms with Crippen LogP contribution in [-0.2, 0) is 19.1 Å². The van der Waals surface area contributed by atoms with Crippen molar-refractivity contribution in [2.75, 3.05) is 38.8 Å². The molecule has 0 aliphatic carbocycles. The molecule has 1 heterocycles. The molecule has 0 spiro atoms. The van der Waals surface area contributed by atoms with Gasteiger partial charge in [-0.3, -0.25) is 14.4 Å². The van der Waals surface area contributed by atoms with Crippen LogP contribution in [0.5, 0.6) is 11.5 Å². The minimum Gasteiger partial charge on any atom is -0.497 e. The molecule has 1 aliphatic heterocycles. The van der Waals surface area contributed by atoms with E-state index in [1.165, 1.54) is 12.0 Å². The number of methoxy groups -OCH3 is 2. The normalized spacial score (nSPS) is 16.5. The SMILES string of the molecule is CCOC(=O)CNC(=O)[C@H]1CC(=O)N(c2ccc(OC)cc2OC)C1. The molecule has 1 atom stereocenters. The highest BCUT2D eigenvalue weighted by Gasteiger charge is 2.36. The molecular formula is C17H22N2O6. The highest BCUT2D eigenvalue weighted by Crippen LogP contribution is 2.35. The van der Waals surface area contributed by atoms with E-state index in [4.69, 9.17) is 14.2 Å². The Morgan fingerprint density at radius 3 is 2.68 bits per heavy atom. The van der Waals surface area contributed by atoms with Crippen LogP contribution in [0.15, 0.2) is 18.2 Å². The molecule has 0 aromatic heterocycles. The number of nitrogens with one attached hydrogen (secondary N) is 1. The van der Waals surface area contributed by atoms with Gasteiger partial charge in [-0.25, -0.2) is 0 Å². The van der Waals surface area contributed by atoms with Gasteiger partial charge in [0.25, 0.3) is 0 Å². The summed E-state index contributed by atoms with van der Waals surface area (Å²) in [4.78, 5) is 37.3. The largest absolute Gasteiger partial charge is 0.497 e. The molecule has 1 aromatic carbocycles. The molecule has 2 amide bonds. The Balaban J connectivity index is 2.05. The van der Waals surface area contributed by atoms with Gasteiger partial charge in [0.2, 0.25) is 11.8 Å². The van der Waals surface area contributed by atoms with Crippen molar-refractivity contribution in [2.24, 2.45) is 5.92 Å². The van der Waals surface area contributed by atoms with E-state index in [0.29, 0.717) is 17.2 Å². The van der Waals surface area contributed by atoms with Crippen molar-refractivity contribution in [3.63, 3.8) is 0 Å². The fraction of sp³-hybridized carbons (Fsp3) is 0.471. The molecule has 1 N–H and O–H groups in total. The van der Waals surface area contributed by atoms with E-state index in [-0.39, 0.29) is 37.9 Å². The third-order valence-electron chi connectivity index (χ3n) is 3.89. The fourth-order valence-electron chi connectivity index (χ4n) is 2.64. The summed E-state index contributed by atoms with van der Waals surface area (Å²) >= 11 is 0. The zero-order valence-electron chi connectivity index (χ0n) is 14.5. The third-order valence-corrected chi connectivity index (χ3v) is 3.89. The lowest BCUT2D eigenvalue weighted by Crippen LogP contribution is -2.36. The molecule has 1 saturated heterocycles. The second kappa shape index (κ2) is 8.36. The Hall–Kier alpha value is -2.77. The molecule has 0 unspecified atom stereocenters. The molecule has 25 heavy (non-hydrogen) atoms. The van der Waals surface area contributed by atoms with Gasteiger partial charge in [0.05, 0.1) is 32.4 Å². The Kier molecular flexibility index (Phi) is 6.21. The summed E-state index contributed by atoms with van der Waals surface area (Å²) < 4.78 is 15.2. The minimum absolute atomic E-state index is 0.0733. The zero-order valence-corrected chi connectivity index (χ0v) is 14.5. The van der Waals surface area contributed by atoms with Crippen molar-refractivity contribution in [3.8, 4) is 11.5 Å². The number of hydrogen-bond acceptors (Lipinski definition) is 6. The quantitative estimate of drug-likeness (QED) is 0.729. The van der Waals surface area contributed by atoms with Gasteiger partial charge >= 0.3 is 5.97 Å². The summed E-state index contributed by atoms with van der Waals surface area (Å²) in [7, 11) is 3.04. The van der Waals surface area contributed by atoms with Crippen LogP contribution in [0.3, 0.4) is 0 Å². The van der Waals surface area contributed by atoms with Gasteiger partial charge in [-0.15, -0.1) is 0 Å².